The van der Waals surface area contributed by atoms with E-state index in [-0.39, 0.29) is 31.5 Å². The molecule has 0 saturated heterocycles. The van der Waals surface area contributed by atoms with E-state index >= 15 is 0 Å². The molecule has 1 aromatic carbocycles. The van der Waals surface area contributed by atoms with E-state index in [9.17, 15) is 29.4 Å². The Kier molecular flexibility index (Phi) is 6.07. The van der Waals surface area contributed by atoms with Gasteiger partial charge in [0, 0.05) is 6.92 Å². The van der Waals surface area contributed by atoms with Crippen LogP contribution in [0.25, 0.3) is 0 Å². The molecule has 9 heteroatoms. The highest BCUT2D eigenvalue weighted by atomic mass is 127. The van der Waals surface area contributed by atoms with Crippen LogP contribution in [0.4, 0.5) is 5.69 Å². The average Bonchev–Trinajstić information content (AvgIpc) is 2.40. The molecule has 0 aliphatic carbocycles. The van der Waals surface area contributed by atoms with E-state index in [0.29, 0.717) is 0 Å². The molecule has 1 aromatic rings. The predicted octanol–water partition coefficient (Wildman–Crippen LogP) is 1.81. The first kappa shape index (κ1) is 18.9. The Morgan fingerprint density at radius 2 is 1.57 bits per heavy atom. The number of nitrogens with one attached hydrogen (secondary N) is 1. The maximum absolute atomic E-state index is 11.8. The van der Waals surface area contributed by atoms with Gasteiger partial charge in [0.25, 0.3) is 5.91 Å². The van der Waals surface area contributed by atoms with Crippen molar-refractivity contribution in [1.82, 2.24) is 0 Å². The van der Waals surface area contributed by atoms with Gasteiger partial charge in [0.1, 0.15) is 0 Å². The quantitative estimate of drug-likeness (QED) is 0.475. The van der Waals surface area contributed by atoms with Gasteiger partial charge in [0.15, 0.2) is 6.61 Å². The number of anilines is 1. The summed E-state index contributed by atoms with van der Waals surface area (Å²) >= 11 is 1.73. The summed E-state index contributed by atoms with van der Waals surface area (Å²) in [4.78, 5) is 45.3. The topological polar surface area (TPSA) is 130 Å². The number of carboxylic acid groups (broad SMARTS) is 2. The van der Waals surface area contributed by atoms with Crippen LogP contribution in [-0.2, 0) is 14.3 Å². The van der Waals surface area contributed by atoms with E-state index in [2.05, 4.69) is 10.1 Å². The van der Waals surface area contributed by atoms with Gasteiger partial charge in [-0.1, -0.05) is 0 Å². The molecular weight excluding hydrogens is 421 g/mol. The van der Waals surface area contributed by atoms with Crippen molar-refractivity contribution in [1.29, 1.82) is 0 Å². The molecule has 23 heavy (non-hydrogen) atoms. The normalized spacial score (nSPS) is 10.1. The summed E-state index contributed by atoms with van der Waals surface area (Å²) in [5.41, 5.74) is 0.00982. The molecule has 3 N–H and O–H groups in total. The Morgan fingerprint density at radius 3 is 2.00 bits per heavy atom. The van der Waals surface area contributed by atoms with E-state index < -0.39 is 30.4 Å². The SMILES string of the molecule is CC(=O)OCC(=O)Nc1c(C)c(C(=O)O)c(C)c(C(=O)O)c1I. The number of carbonyl (C=O) groups excluding carboxylic acids is 2. The second-order valence-corrected chi connectivity index (χ2v) is 5.71. The second-order valence-electron chi connectivity index (χ2n) is 4.63. The molecular formula is C14H14INO7. The van der Waals surface area contributed by atoms with Gasteiger partial charge in [-0.05, 0) is 47.6 Å². The second kappa shape index (κ2) is 7.40. The number of rotatable bonds is 5. The summed E-state index contributed by atoms with van der Waals surface area (Å²) in [5, 5.41) is 21.0. The highest BCUT2D eigenvalue weighted by Crippen LogP contribution is 2.33. The lowest BCUT2D eigenvalue weighted by Gasteiger charge is -2.18. The number of halogens is 1. The summed E-state index contributed by atoms with van der Waals surface area (Å²) in [6.07, 6.45) is 0. The molecule has 124 valence electrons. The lowest BCUT2D eigenvalue weighted by molar-refractivity contribution is -0.144. The van der Waals surface area contributed by atoms with Crippen molar-refractivity contribution in [2.75, 3.05) is 11.9 Å². The van der Waals surface area contributed by atoms with Crippen LogP contribution in [0, 0.1) is 17.4 Å². The molecule has 0 atom stereocenters. The van der Waals surface area contributed by atoms with Crippen molar-refractivity contribution in [3.63, 3.8) is 0 Å². The van der Waals surface area contributed by atoms with E-state index in [1.807, 2.05) is 0 Å². The van der Waals surface area contributed by atoms with E-state index in [1.165, 1.54) is 13.8 Å². The smallest absolute Gasteiger partial charge is 0.337 e. The van der Waals surface area contributed by atoms with Gasteiger partial charge < -0.3 is 20.3 Å². The molecule has 0 aliphatic heterocycles. The summed E-state index contributed by atoms with van der Waals surface area (Å²) in [6.45, 7) is 3.45. The molecule has 0 heterocycles. The van der Waals surface area contributed by atoms with Crippen molar-refractivity contribution in [3.8, 4) is 0 Å². The molecule has 0 unspecified atom stereocenters. The molecule has 0 bridgehead atoms. The fourth-order valence-electron chi connectivity index (χ4n) is 2.05. The first-order valence-electron chi connectivity index (χ1n) is 6.30. The molecule has 0 fully saturated rings. The van der Waals surface area contributed by atoms with Crippen LogP contribution in [-0.4, -0.2) is 40.6 Å². The summed E-state index contributed by atoms with van der Waals surface area (Å²) in [5.74, 6) is -3.94. The number of hydrogen-bond acceptors (Lipinski definition) is 5. The van der Waals surface area contributed by atoms with Gasteiger partial charge in [-0.15, -0.1) is 0 Å². The third kappa shape index (κ3) is 4.18. The highest BCUT2D eigenvalue weighted by Gasteiger charge is 2.26. The maximum atomic E-state index is 11.8. The molecule has 0 saturated carbocycles. The first-order chi connectivity index (χ1) is 10.6. The molecule has 8 nitrogen and oxygen atoms in total. The molecule has 0 radical (unpaired) electrons. The fraction of sp³-hybridized carbons (Fsp3) is 0.286. The van der Waals surface area contributed by atoms with Crippen LogP contribution >= 0.6 is 22.6 Å². The molecule has 0 spiro atoms. The van der Waals surface area contributed by atoms with E-state index in [0.717, 1.165) is 6.92 Å². The number of aromatic carboxylic acids is 2. The number of esters is 1. The fourth-order valence-corrected chi connectivity index (χ4v) is 3.23. The van der Waals surface area contributed by atoms with Crippen LogP contribution in [0.15, 0.2) is 0 Å². The predicted molar refractivity (Wildman–Crippen MR) is 87.8 cm³/mol. The number of benzene rings is 1. The zero-order valence-electron chi connectivity index (χ0n) is 12.5. The molecule has 0 aliphatic rings. The molecule has 1 amide bonds. The van der Waals surface area contributed by atoms with Crippen molar-refractivity contribution in [3.05, 3.63) is 25.8 Å². The van der Waals surface area contributed by atoms with Crippen LogP contribution in [0.5, 0.6) is 0 Å². The van der Waals surface area contributed by atoms with Crippen LogP contribution in [0.2, 0.25) is 0 Å². The zero-order valence-corrected chi connectivity index (χ0v) is 14.7. The van der Waals surface area contributed by atoms with Gasteiger partial charge in [-0.2, -0.15) is 0 Å². The molecule has 1 rings (SSSR count). The molecule has 0 aromatic heterocycles. The standard InChI is InChI=1S/C14H14INO7/c1-5-9(13(19)20)6(2)12(11(15)10(5)14(21)22)16-8(18)4-23-7(3)17/h4H2,1-3H3,(H,16,18)(H,19,20)(H,21,22). The lowest BCUT2D eigenvalue weighted by atomic mass is 9.95. The number of ether oxygens (including phenoxy) is 1. The Morgan fingerprint density at radius 1 is 1.04 bits per heavy atom. The lowest BCUT2D eigenvalue weighted by Crippen LogP contribution is -2.23. The first-order valence-corrected chi connectivity index (χ1v) is 7.38. The van der Waals surface area contributed by atoms with Gasteiger partial charge in [0.05, 0.1) is 20.4 Å². The number of hydrogen-bond donors (Lipinski definition) is 3. The van der Waals surface area contributed by atoms with E-state index in [4.69, 9.17) is 0 Å². The van der Waals surface area contributed by atoms with Gasteiger partial charge in [-0.25, -0.2) is 9.59 Å². The minimum atomic E-state index is -1.30. The Labute approximate surface area is 145 Å². The summed E-state index contributed by atoms with van der Waals surface area (Å²) < 4.78 is 4.75. The third-order valence-electron chi connectivity index (χ3n) is 3.04. The number of carboxylic acids is 2. The number of carbonyl (C=O) groups is 4. The summed E-state index contributed by atoms with van der Waals surface area (Å²) in [6, 6.07) is 0. The highest BCUT2D eigenvalue weighted by molar-refractivity contribution is 14.1. The van der Waals surface area contributed by atoms with Crippen LogP contribution in [0.3, 0.4) is 0 Å². The van der Waals surface area contributed by atoms with Gasteiger partial charge >= 0.3 is 17.9 Å². The van der Waals surface area contributed by atoms with Crippen molar-refractivity contribution in [2.45, 2.75) is 20.8 Å². The van der Waals surface area contributed by atoms with Crippen molar-refractivity contribution >= 4 is 52.1 Å². The van der Waals surface area contributed by atoms with Gasteiger partial charge in [0.2, 0.25) is 0 Å². The Hall–Kier alpha value is -2.17. The maximum Gasteiger partial charge on any atom is 0.337 e. The number of amides is 1. The third-order valence-corrected chi connectivity index (χ3v) is 4.12. The van der Waals surface area contributed by atoms with Crippen molar-refractivity contribution < 1.29 is 34.1 Å². The Bertz CT molecular complexity index is 671. The average molecular weight is 435 g/mol. The minimum absolute atomic E-state index is 0.0724. The van der Waals surface area contributed by atoms with Crippen LogP contribution in [0.1, 0.15) is 38.8 Å². The van der Waals surface area contributed by atoms with E-state index in [1.54, 1.807) is 22.6 Å². The van der Waals surface area contributed by atoms with Crippen LogP contribution < -0.4 is 5.32 Å². The monoisotopic (exact) mass is 435 g/mol. The largest absolute Gasteiger partial charge is 0.478 e. The van der Waals surface area contributed by atoms with Gasteiger partial charge in [-0.3, -0.25) is 9.59 Å². The van der Waals surface area contributed by atoms with Crippen molar-refractivity contribution in [2.24, 2.45) is 0 Å². The Balaban J connectivity index is 3.42. The minimum Gasteiger partial charge on any atom is -0.478 e. The summed E-state index contributed by atoms with van der Waals surface area (Å²) in [7, 11) is 0. The zero-order chi connectivity index (χ0) is 17.9.